The minimum absolute atomic E-state index is 0.498. The van der Waals surface area contributed by atoms with Gasteiger partial charge in [-0.05, 0) is 36.2 Å². The van der Waals surface area contributed by atoms with E-state index in [0.29, 0.717) is 17.7 Å². The summed E-state index contributed by atoms with van der Waals surface area (Å²) < 4.78 is 0. The molecule has 0 bridgehead atoms. The van der Waals surface area contributed by atoms with Crippen LogP contribution in [0.4, 0.5) is 5.69 Å². The fourth-order valence-electron chi connectivity index (χ4n) is 2.46. The maximum absolute atomic E-state index is 8.69. The second-order valence-corrected chi connectivity index (χ2v) is 5.49. The maximum atomic E-state index is 8.69. The van der Waals surface area contributed by atoms with E-state index in [1.54, 1.807) is 12.4 Å². The van der Waals surface area contributed by atoms with Crippen molar-refractivity contribution in [1.29, 1.82) is 10.7 Å². The van der Waals surface area contributed by atoms with Crippen LogP contribution in [0.3, 0.4) is 0 Å². The molecule has 1 aromatic heterocycles. The molecular formula is C20H17N5. The van der Waals surface area contributed by atoms with Gasteiger partial charge in [-0.25, -0.2) is 4.98 Å². The summed E-state index contributed by atoms with van der Waals surface area (Å²) in [5.74, 6) is 0. The molecule has 122 valence electrons. The fourth-order valence-corrected chi connectivity index (χ4v) is 2.46. The number of hydrogen-bond acceptors (Lipinski definition) is 5. The second-order valence-electron chi connectivity index (χ2n) is 5.49. The topological polar surface area (TPSA) is 85.5 Å². The number of nitrogens with one attached hydrogen (secondary N) is 2. The number of rotatable bonds is 6. The van der Waals surface area contributed by atoms with Gasteiger partial charge in [0.15, 0.2) is 0 Å². The molecule has 0 saturated heterocycles. The molecule has 0 saturated carbocycles. The quantitative estimate of drug-likeness (QED) is 0.665. The van der Waals surface area contributed by atoms with E-state index in [2.05, 4.69) is 21.4 Å². The molecule has 3 aromatic rings. The van der Waals surface area contributed by atoms with Crippen molar-refractivity contribution in [1.82, 2.24) is 9.97 Å². The number of hydrogen-bond donors (Lipinski definition) is 2. The highest BCUT2D eigenvalue weighted by atomic mass is 14.9. The maximum Gasteiger partial charge on any atom is 0.0922 e. The summed E-state index contributed by atoms with van der Waals surface area (Å²) in [4.78, 5) is 8.95. The Bertz CT molecular complexity index is 969. The van der Waals surface area contributed by atoms with Crippen molar-refractivity contribution in [3.63, 3.8) is 0 Å². The van der Waals surface area contributed by atoms with Gasteiger partial charge in [0.05, 0.1) is 29.0 Å². The molecule has 0 unspecified atom stereocenters. The zero-order valence-corrected chi connectivity index (χ0v) is 13.6. The molecule has 0 amide bonds. The predicted octanol–water partition coefficient (Wildman–Crippen LogP) is 4.19. The van der Waals surface area contributed by atoms with Crippen LogP contribution in [0.1, 0.15) is 17.7 Å². The number of benzene rings is 2. The average Bonchev–Trinajstić information content (AvgIpc) is 2.67. The third-order valence-corrected chi connectivity index (χ3v) is 3.75. The van der Waals surface area contributed by atoms with E-state index in [9.17, 15) is 0 Å². The first-order chi connectivity index (χ1) is 12.3. The number of nitrogens with zero attached hydrogens (tertiary/aromatic N) is 3. The van der Waals surface area contributed by atoms with Crippen molar-refractivity contribution < 1.29 is 0 Å². The largest absolute Gasteiger partial charge is 0.361 e. The summed E-state index contributed by atoms with van der Waals surface area (Å²) >= 11 is 0. The van der Waals surface area contributed by atoms with Crippen molar-refractivity contribution in [2.75, 3.05) is 5.32 Å². The Labute approximate surface area is 146 Å². The van der Waals surface area contributed by atoms with Crippen molar-refractivity contribution in [3.05, 3.63) is 72.2 Å². The molecule has 25 heavy (non-hydrogen) atoms. The first kappa shape index (κ1) is 16.3. The van der Waals surface area contributed by atoms with E-state index in [1.807, 2.05) is 48.5 Å². The third-order valence-electron chi connectivity index (χ3n) is 3.75. The van der Waals surface area contributed by atoms with E-state index in [4.69, 9.17) is 10.7 Å². The van der Waals surface area contributed by atoms with Crippen LogP contribution in [-0.4, -0.2) is 16.2 Å². The summed E-state index contributed by atoms with van der Waals surface area (Å²) in [6.07, 6.45) is 5.89. The average molecular weight is 327 g/mol. The smallest absolute Gasteiger partial charge is 0.0922 e. The Morgan fingerprint density at radius 3 is 2.80 bits per heavy atom. The Balaban J connectivity index is 1.82. The minimum Gasteiger partial charge on any atom is -0.361 e. The Kier molecular flexibility index (Phi) is 5.13. The molecule has 5 nitrogen and oxygen atoms in total. The lowest BCUT2D eigenvalue weighted by atomic mass is 10.1. The monoisotopic (exact) mass is 327 g/mol. The molecule has 0 radical (unpaired) electrons. The second kappa shape index (κ2) is 7.84. The fraction of sp³-hybridized carbons (Fsp3) is 0.100. The van der Waals surface area contributed by atoms with E-state index in [1.165, 1.54) is 6.21 Å². The van der Waals surface area contributed by atoms with Crippen LogP contribution in [0.5, 0.6) is 0 Å². The van der Waals surface area contributed by atoms with Crippen molar-refractivity contribution in [2.24, 2.45) is 0 Å². The summed E-state index contributed by atoms with van der Waals surface area (Å²) in [6, 6.07) is 17.7. The van der Waals surface area contributed by atoms with Crippen LogP contribution in [0, 0.1) is 16.7 Å². The standard InChI is InChI=1S/C20H17N5/c21-10-4-6-15-5-3-7-17(11-15)23-13-16(12-22)20-14-24-18-8-1-2-9-19(18)25-20/h1-3,5,7-9,11-14,22-23H,4,6H2/b16-13+,22-12?. The van der Waals surface area contributed by atoms with Gasteiger partial charge in [0.1, 0.15) is 0 Å². The molecule has 3 rings (SSSR count). The number of allylic oxidation sites excluding steroid dienone is 1. The van der Waals surface area contributed by atoms with Crippen LogP contribution >= 0.6 is 0 Å². The van der Waals surface area contributed by atoms with Crippen molar-refractivity contribution in [3.8, 4) is 6.07 Å². The van der Waals surface area contributed by atoms with Gasteiger partial charge >= 0.3 is 0 Å². The van der Waals surface area contributed by atoms with Crippen LogP contribution in [-0.2, 0) is 6.42 Å². The van der Waals surface area contributed by atoms with Crippen molar-refractivity contribution in [2.45, 2.75) is 12.8 Å². The number of fused-ring (bicyclic) bond motifs is 1. The molecule has 0 spiro atoms. The summed E-state index contributed by atoms with van der Waals surface area (Å²) in [5, 5.41) is 19.6. The third kappa shape index (κ3) is 4.06. The highest BCUT2D eigenvalue weighted by Crippen LogP contribution is 2.16. The number of para-hydroxylation sites is 2. The van der Waals surface area contributed by atoms with E-state index in [-0.39, 0.29) is 0 Å². The Hall–Kier alpha value is -3.52. The minimum atomic E-state index is 0.498. The molecule has 1 heterocycles. The van der Waals surface area contributed by atoms with Gasteiger partial charge in [0, 0.05) is 30.1 Å². The zero-order valence-electron chi connectivity index (χ0n) is 13.6. The van der Waals surface area contributed by atoms with Crippen LogP contribution in [0.15, 0.2) is 60.9 Å². The summed E-state index contributed by atoms with van der Waals surface area (Å²) in [7, 11) is 0. The first-order valence-corrected chi connectivity index (χ1v) is 7.95. The highest BCUT2D eigenvalue weighted by Gasteiger charge is 2.04. The lowest BCUT2D eigenvalue weighted by Crippen LogP contribution is -1.97. The summed E-state index contributed by atoms with van der Waals surface area (Å²) in [6.45, 7) is 0. The number of aromatic nitrogens is 2. The van der Waals surface area contributed by atoms with Gasteiger partial charge in [-0.3, -0.25) is 4.98 Å². The Morgan fingerprint density at radius 1 is 1.16 bits per heavy atom. The molecule has 5 heteroatoms. The highest BCUT2D eigenvalue weighted by molar-refractivity contribution is 6.08. The van der Waals surface area contributed by atoms with Gasteiger partial charge in [0.2, 0.25) is 0 Å². The van der Waals surface area contributed by atoms with Crippen molar-refractivity contribution >= 4 is 28.5 Å². The molecule has 0 aliphatic rings. The lowest BCUT2D eigenvalue weighted by Gasteiger charge is -2.06. The molecular weight excluding hydrogens is 310 g/mol. The molecule has 2 aromatic carbocycles. The molecule has 0 aliphatic carbocycles. The Morgan fingerprint density at radius 2 is 2.00 bits per heavy atom. The van der Waals surface area contributed by atoms with E-state index >= 15 is 0 Å². The first-order valence-electron chi connectivity index (χ1n) is 7.95. The van der Waals surface area contributed by atoms with Gasteiger partial charge in [-0.1, -0.05) is 24.3 Å². The van der Waals surface area contributed by atoms with E-state index in [0.717, 1.165) is 28.7 Å². The number of nitriles is 1. The molecule has 0 fully saturated rings. The molecule has 2 N–H and O–H groups in total. The van der Waals surface area contributed by atoms with Crippen LogP contribution in [0.2, 0.25) is 0 Å². The molecule has 0 atom stereocenters. The SMILES string of the molecule is N#CCCc1cccc(N/C=C(\C=N)c2cnc3ccccc3n2)c1. The molecule has 0 aliphatic heterocycles. The lowest BCUT2D eigenvalue weighted by molar-refractivity contribution is 1.01. The predicted molar refractivity (Wildman–Crippen MR) is 100 cm³/mol. The van der Waals surface area contributed by atoms with Gasteiger partial charge in [-0.15, -0.1) is 0 Å². The summed E-state index contributed by atoms with van der Waals surface area (Å²) in [5.41, 5.74) is 4.91. The number of aryl methyl sites for hydroxylation is 1. The normalized spacial score (nSPS) is 11.1. The van der Waals surface area contributed by atoms with Crippen LogP contribution < -0.4 is 5.32 Å². The van der Waals surface area contributed by atoms with Gasteiger partial charge < -0.3 is 10.7 Å². The number of anilines is 1. The zero-order chi connectivity index (χ0) is 17.5. The van der Waals surface area contributed by atoms with E-state index < -0.39 is 0 Å². The van der Waals surface area contributed by atoms with Crippen LogP contribution in [0.25, 0.3) is 16.6 Å². The van der Waals surface area contributed by atoms with Gasteiger partial charge in [0.25, 0.3) is 0 Å². The van der Waals surface area contributed by atoms with Gasteiger partial charge in [-0.2, -0.15) is 5.26 Å².